The summed E-state index contributed by atoms with van der Waals surface area (Å²) in [7, 11) is 0. The molecule has 2 nitrogen and oxygen atoms in total. The molecule has 0 aliphatic rings. The van der Waals surface area contributed by atoms with Gasteiger partial charge in [0.1, 0.15) is 0 Å². The van der Waals surface area contributed by atoms with Gasteiger partial charge >= 0.3 is 0 Å². The summed E-state index contributed by atoms with van der Waals surface area (Å²) in [6.07, 6.45) is 4.55. The van der Waals surface area contributed by atoms with Crippen molar-refractivity contribution in [3.8, 4) is 0 Å². The Kier molecular flexibility index (Phi) is 4.45. The lowest BCUT2D eigenvalue weighted by atomic mass is 9.99. The largest absolute Gasteiger partial charge is 0.472 e. The number of halogens is 1. The van der Waals surface area contributed by atoms with Gasteiger partial charge in [-0.15, -0.1) is 0 Å². The lowest BCUT2D eigenvalue weighted by Gasteiger charge is -2.19. The van der Waals surface area contributed by atoms with Crippen LogP contribution in [0.5, 0.6) is 0 Å². The Morgan fingerprint density at radius 2 is 2.17 bits per heavy atom. The number of furan rings is 1. The molecule has 1 aromatic heterocycles. The Balaban J connectivity index is 2.37. The Morgan fingerprint density at radius 1 is 1.33 bits per heavy atom. The normalized spacial score (nSPS) is 12.6. The number of nitrogens with one attached hydrogen (secondary N) is 1. The van der Waals surface area contributed by atoms with E-state index in [4.69, 9.17) is 16.0 Å². The minimum Gasteiger partial charge on any atom is -0.472 e. The first-order valence-electron chi connectivity index (χ1n) is 6.24. The number of aryl methyl sites for hydroxylation is 1. The van der Waals surface area contributed by atoms with Crippen LogP contribution in [0.1, 0.15) is 36.1 Å². The zero-order chi connectivity index (χ0) is 13.0. The zero-order valence-electron chi connectivity index (χ0n) is 10.7. The highest BCUT2D eigenvalue weighted by Gasteiger charge is 2.17. The topological polar surface area (TPSA) is 25.2 Å². The summed E-state index contributed by atoms with van der Waals surface area (Å²) >= 11 is 6.41. The molecule has 0 amide bonds. The first-order valence-corrected chi connectivity index (χ1v) is 6.62. The summed E-state index contributed by atoms with van der Waals surface area (Å²) < 4.78 is 5.18. The van der Waals surface area contributed by atoms with E-state index < -0.39 is 0 Å². The third-order valence-electron chi connectivity index (χ3n) is 3.01. The van der Waals surface area contributed by atoms with Crippen molar-refractivity contribution in [2.24, 2.45) is 0 Å². The first kappa shape index (κ1) is 13.2. The average Bonchev–Trinajstić information content (AvgIpc) is 2.88. The molecule has 0 radical (unpaired) electrons. The number of hydrogen-bond donors (Lipinski definition) is 1. The quantitative estimate of drug-likeness (QED) is 0.869. The second-order valence-electron chi connectivity index (χ2n) is 4.42. The van der Waals surface area contributed by atoms with Crippen LogP contribution in [0.2, 0.25) is 5.02 Å². The molecule has 1 unspecified atom stereocenters. The van der Waals surface area contributed by atoms with Crippen molar-refractivity contribution in [1.29, 1.82) is 0 Å². The molecule has 0 aliphatic carbocycles. The Bertz CT molecular complexity index is 493. The maximum absolute atomic E-state index is 6.41. The fraction of sp³-hybridized carbons (Fsp3) is 0.333. The van der Waals surface area contributed by atoms with Crippen LogP contribution >= 0.6 is 11.6 Å². The summed E-state index contributed by atoms with van der Waals surface area (Å²) in [4.78, 5) is 0. The molecule has 1 atom stereocenters. The molecule has 2 aromatic rings. The maximum Gasteiger partial charge on any atom is 0.0953 e. The highest BCUT2D eigenvalue weighted by atomic mass is 35.5. The summed E-state index contributed by atoms with van der Waals surface area (Å²) in [5.74, 6) is 0. The van der Waals surface area contributed by atoms with E-state index in [0.717, 1.165) is 34.7 Å². The predicted octanol–water partition coefficient (Wildman–Crippen LogP) is 4.33. The average molecular weight is 264 g/mol. The second kappa shape index (κ2) is 6.07. The van der Waals surface area contributed by atoms with Gasteiger partial charge in [-0.25, -0.2) is 0 Å². The summed E-state index contributed by atoms with van der Waals surface area (Å²) in [5.41, 5.74) is 3.31. The van der Waals surface area contributed by atoms with Crippen molar-refractivity contribution < 1.29 is 4.42 Å². The van der Waals surface area contributed by atoms with Gasteiger partial charge in [0.25, 0.3) is 0 Å². The van der Waals surface area contributed by atoms with Crippen molar-refractivity contribution in [3.63, 3.8) is 0 Å². The van der Waals surface area contributed by atoms with E-state index in [9.17, 15) is 0 Å². The van der Waals surface area contributed by atoms with Crippen molar-refractivity contribution in [3.05, 3.63) is 58.5 Å². The molecular formula is C15H18ClNO. The molecule has 1 heterocycles. The maximum atomic E-state index is 6.41. The van der Waals surface area contributed by atoms with E-state index in [0.29, 0.717) is 0 Å². The van der Waals surface area contributed by atoms with Crippen LogP contribution < -0.4 is 5.32 Å². The fourth-order valence-corrected chi connectivity index (χ4v) is 2.26. The van der Waals surface area contributed by atoms with Gasteiger partial charge in [0.15, 0.2) is 0 Å². The van der Waals surface area contributed by atoms with Crippen molar-refractivity contribution in [2.45, 2.75) is 26.3 Å². The van der Waals surface area contributed by atoms with E-state index in [1.165, 1.54) is 0 Å². The number of benzene rings is 1. The molecule has 18 heavy (non-hydrogen) atoms. The lowest BCUT2D eigenvalue weighted by molar-refractivity contribution is 0.548. The monoisotopic (exact) mass is 263 g/mol. The van der Waals surface area contributed by atoms with Crippen LogP contribution in [0, 0.1) is 6.92 Å². The lowest BCUT2D eigenvalue weighted by Crippen LogP contribution is -2.23. The SMILES string of the molecule is CCCNC(c1ccoc1)c1cccc(C)c1Cl. The molecule has 0 aliphatic heterocycles. The standard InChI is InChI=1S/C15H18ClNO/c1-3-8-17-15(12-7-9-18-10-12)13-6-4-5-11(2)14(13)16/h4-7,9-10,15,17H,3,8H2,1-2H3. The van der Waals surface area contributed by atoms with Gasteiger partial charge in [-0.3, -0.25) is 0 Å². The van der Waals surface area contributed by atoms with Gasteiger partial charge in [-0.05, 0) is 37.1 Å². The third-order valence-corrected chi connectivity index (χ3v) is 3.52. The molecule has 2 rings (SSSR count). The molecule has 0 saturated carbocycles. The van der Waals surface area contributed by atoms with E-state index in [1.807, 2.05) is 25.1 Å². The molecule has 0 spiro atoms. The highest BCUT2D eigenvalue weighted by Crippen LogP contribution is 2.30. The molecule has 0 saturated heterocycles. The van der Waals surface area contributed by atoms with Gasteiger partial charge in [-0.2, -0.15) is 0 Å². The minimum absolute atomic E-state index is 0.0936. The molecule has 0 bridgehead atoms. The van der Waals surface area contributed by atoms with E-state index >= 15 is 0 Å². The highest BCUT2D eigenvalue weighted by molar-refractivity contribution is 6.32. The van der Waals surface area contributed by atoms with Gasteiger partial charge in [0, 0.05) is 10.6 Å². The number of hydrogen-bond acceptors (Lipinski definition) is 2. The van der Waals surface area contributed by atoms with E-state index in [1.54, 1.807) is 12.5 Å². The molecule has 1 aromatic carbocycles. The van der Waals surface area contributed by atoms with Crippen LogP contribution in [-0.2, 0) is 0 Å². The van der Waals surface area contributed by atoms with Crippen LogP contribution in [-0.4, -0.2) is 6.54 Å². The van der Waals surface area contributed by atoms with Crippen LogP contribution in [0.4, 0.5) is 0 Å². The van der Waals surface area contributed by atoms with Crippen LogP contribution in [0.25, 0.3) is 0 Å². The zero-order valence-corrected chi connectivity index (χ0v) is 11.5. The van der Waals surface area contributed by atoms with Crippen LogP contribution in [0.3, 0.4) is 0 Å². The van der Waals surface area contributed by atoms with Gasteiger partial charge < -0.3 is 9.73 Å². The molecule has 3 heteroatoms. The van der Waals surface area contributed by atoms with Crippen LogP contribution in [0.15, 0.2) is 41.2 Å². The third kappa shape index (κ3) is 2.77. The summed E-state index contributed by atoms with van der Waals surface area (Å²) in [6, 6.07) is 8.20. The van der Waals surface area contributed by atoms with Crippen molar-refractivity contribution >= 4 is 11.6 Å². The van der Waals surface area contributed by atoms with Gasteiger partial charge in [-0.1, -0.05) is 36.7 Å². The van der Waals surface area contributed by atoms with Crippen molar-refractivity contribution in [1.82, 2.24) is 5.32 Å². The first-order chi connectivity index (χ1) is 8.74. The minimum atomic E-state index is 0.0936. The van der Waals surface area contributed by atoms with Gasteiger partial charge in [0.2, 0.25) is 0 Å². The predicted molar refractivity (Wildman–Crippen MR) is 75.0 cm³/mol. The second-order valence-corrected chi connectivity index (χ2v) is 4.80. The Morgan fingerprint density at radius 3 is 2.83 bits per heavy atom. The van der Waals surface area contributed by atoms with E-state index in [-0.39, 0.29) is 6.04 Å². The van der Waals surface area contributed by atoms with Crippen molar-refractivity contribution in [2.75, 3.05) is 6.54 Å². The van der Waals surface area contributed by atoms with E-state index in [2.05, 4.69) is 18.3 Å². The Hall–Kier alpha value is -1.25. The molecule has 0 fully saturated rings. The van der Waals surface area contributed by atoms with Gasteiger partial charge in [0.05, 0.1) is 18.6 Å². The Labute approximate surface area is 113 Å². The fourth-order valence-electron chi connectivity index (χ4n) is 2.03. The summed E-state index contributed by atoms with van der Waals surface area (Å²) in [5, 5.41) is 4.34. The molecular weight excluding hydrogens is 246 g/mol. The molecule has 96 valence electrons. The number of rotatable bonds is 5. The molecule has 1 N–H and O–H groups in total. The smallest absolute Gasteiger partial charge is 0.0953 e. The summed E-state index contributed by atoms with van der Waals surface area (Å²) in [6.45, 7) is 5.12.